The van der Waals surface area contributed by atoms with Crippen molar-refractivity contribution >= 4 is 5.91 Å². The van der Waals surface area contributed by atoms with Crippen molar-refractivity contribution in [3.05, 3.63) is 35.9 Å². The fourth-order valence-corrected chi connectivity index (χ4v) is 2.57. The van der Waals surface area contributed by atoms with Gasteiger partial charge in [0.2, 0.25) is 5.91 Å². The van der Waals surface area contributed by atoms with Crippen molar-refractivity contribution < 1.29 is 9.53 Å². The highest BCUT2D eigenvalue weighted by molar-refractivity contribution is 5.78. The first-order chi connectivity index (χ1) is 9.20. The molecule has 1 fully saturated rings. The first-order valence-corrected chi connectivity index (χ1v) is 6.82. The Hall–Kier alpha value is -1.39. The molecule has 2 atom stereocenters. The van der Waals surface area contributed by atoms with Crippen LogP contribution in [-0.2, 0) is 16.1 Å². The van der Waals surface area contributed by atoms with Crippen LogP contribution in [0.1, 0.15) is 18.9 Å². The molecule has 1 saturated heterocycles. The van der Waals surface area contributed by atoms with Crippen molar-refractivity contribution in [2.75, 3.05) is 19.7 Å². The van der Waals surface area contributed by atoms with Crippen molar-refractivity contribution in [1.29, 1.82) is 0 Å². The summed E-state index contributed by atoms with van der Waals surface area (Å²) in [5, 5.41) is 0. The summed E-state index contributed by atoms with van der Waals surface area (Å²) < 4.78 is 5.49. The number of hydrogen-bond donors (Lipinski definition) is 1. The van der Waals surface area contributed by atoms with Gasteiger partial charge >= 0.3 is 0 Å². The minimum absolute atomic E-state index is 0.0689. The lowest BCUT2D eigenvalue weighted by molar-refractivity contribution is -0.137. The van der Waals surface area contributed by atoms with Gasteiger partial charge in [-0.15, -0.1) is 0 Å². The number of carbonyl (C=O) groups is 1. The van der Waals surface area contributed by atoms with Gasteiger partial charge in [-0.2, -0.15) is 0 Å². The summed E-state index contributed by atoms with van der Waals surface area (Å²) in [7, 11) is 0. The van der Waals surface area contributed by atoms with Gasteiger partial charge in [-0.25, -0.2) is 0 Å². The Labute approximate surface area is 114 Å². The van der Waals surface area contributed by atoms with Crippen LogP contribution in [0.25, 0.3) is 0 Å². The molecule has 1 aliphatic rings. The lowest BCUT2D eigenvalue weighted by Gasteiger charge is -2.21. The number of carbonyl (C=O) groups excluding carboxylic acids is 1. The molecule has 0 spiro atoms. The maximum Gasteiger partial charge on any atom is 0.248 e. The third kappa shape index (κ3) is 3.78. The van der Waals surface area contributed by atoms with E-state index in [0.29, 0.717) is 19.1 Å². The summed E-state index contributed by atoms with van der Waals surface area (Å²) in [6.45, 7) is 4.13. The molecule has 1 aliphatic heterocycles. The van der Waals surface area contributed by atoms with Crippen molar-refractivity contribution in [3.63, 3.8) is 0 Å². The smallest absolute Gasteiger partial charge is 0.248 e. The van der Waals surface area contributed by atoms with Crippen LogP contribution < -0.4 is 5.73 Å². The van der Waals surface area contributed by atoms with Gasteiger partial charge in [0.25, 0.3) is 0 Å². The highest BCUT2D eigenvalue weighted by atomic mass is 16.5. The largest absolute Gasteiger partial charge is 0.367 e. The number of hydrogen-bond acceptors (Lipinski definition) is 3. The number of likely N-dealkylation sites (tertiary alicyclic amines) is 1. The third-order valence-corrected chi connectivity index (χ3v) is 3.65. The molecule has 2 unspecified atom stereocenters. The maximum atomic E-state index is 12.1. The number of ether oxygens (including phenoxy) is 1. The van der Waals surface area contributed by atoms with E-state index in [4.69, 9.17) is 10.5 Å². The van der Waals surface area contributed by atoms with E-state index in [-0.39, 0.29) is 18.6 Å². The second kappa shape index (κ2) is 6.68. The summed E-state index contributed by atoms with van der Waals surface area (Å²) in [6.07, 6.45) is 1.00. The summed E-state index contributed by atoms with van der Waals surface area (Å²) in [6, 6.07) is 10.2. The van der Waals surface area contributed by atoms with E-state index in [9.17, 15) is 4.79 Å². The molecular weight excluding hydrogens is 240 g/mol. The molecular formula is C15H22N2O2. The Balaban J connectivity index is 1.76. The topological polar surface area (TPSA) is 55.6 Å². The zero-order chi connectivity index (χ0) is 13.7. The van der Waals surface area contributed by atoms with Crippen molar-refractivity contribution in [2.45, 2.75) is 26.0 Å². The Morgan fingerprint density at radius 2 is 2.16 bits per heavy atom. The van der Waals surface area contributed by atoms with Crippen LogP contribution in [0.2, 0.25) is 0 Å². The molecule has 0 saturated carbocycles. The Kier molecular flexibility index (Phi) is 4.93. The van der Waals surface area contributed by atoms with Crippen molar-refractivity contribution in [2.24, 2.45) is 11.7 Å². The van der Waals surface area contributed by atoms with Crippen LogP contribution >= 0.6 is 0 Å². The minimum Gasteiger partial charge on any atom is -0.367 e. The number of amides is 1. The predicted molar refractivity (Wildman–Crippen MR) is 74.4 cm³/mol. The molecule has 104 valence electrons. The molecule has 1 heterocycles. The average Bonchev–Trinajstić information content (AvgIpc) is 2.81. The van der Waals surface area contributed by atoms with Gasteiger partial charge in [-0.05, 0) is 31.4 Å². The Morgan fingerprint density at radius 1 is 1.42 bits per heavy atom. The third-order valence-electron chi connectivity index (χ3n) is 3.65. The number of rotatable bonds is 5. The molecule has 2 N–H and O–H groups in total. The van der Waals surface area contributed by atoms with Crippen LogP contribution in [0.15, 0.2) is 30.3 Å². The molecule has 2 rings (SSSR count). The molecule has 19 heavy (non-hydrogen) atoms. The summed E-state index contributed by atoms with van der Waals surface area (Å²) in [5.41, 5.74) is 6.75. The van der Waals surface area contributed by atoms with Gasteiger partial charge in [0.15, 0.2) is 0 Å². The monoisotopic (exact) mass is 262 g/mol. The van der Waals surface area contributed by atoms with E-state index in [1.165, 1.54) is 0 Å². The van der Waals surface area contributed by atoms with Crippen molar-refractivity contribution in [1.82, 2.24) is 4.90 Å². The molecule has 0 radical (unpaired) electrons. The van der Waals surface area contributed by atoms with E-state index in [1.54, 1.807) is 0 Å². The maximum absolute atomic E-state index is 12.1. The van der Waals surface area contributed by atoms with Crippen molar-refractivity contribution in [3.8, 4) is 0 Å². The van der Waals surface area contributed by atoms with E-state index in [2.05, 4.69) is 6.92 Å². The van der Waals surface area contributed by atoms with Gasteiger partial charge in [0, 0.05) is 12.6 Å². The lowest BCUT2D eigenvalue weighted by Crippen LogP contribution is -2.37. The molecule has 0 bridgehead atoms. The number of nitrogens with two attached hydrogens (primary N) is 1. The summed E-state index contributed by atoms with van der Waals surface area (Å²) in [5.74, 6) is 0.507. The molecule has 0 aliphatic carbocycles. The number of benzene rings is 1. The molecule has 0 aromatic heterocycles. The molecule has 4 heteroatoms. The number of nitrogens with zero attached hydrogens (tertiary/aromatic N) is 1. The van der Waals surface area contributed by atoms with Gasteiger partial charge in [-0.3, -0.25) is 4.79 Å². The second-order valence-electron chi connectivity index (χ2n) is 5.21. The van der Waals surface area contributed by atoms with Gasteiger partial charge in [0.1, 0.15) is 6.61 Å². The quantitative estimate of drug-likeness (QED) is 0.872. The first kappa shape index (κ1) is 14.0. The van der Waals surface area contributed by atoms with E-state index < -0.39 is 0 Å². The SMILES string of the molecule is CC1CC(CN)CN1C(=O)COCc1ccccc1. The van der Waals surface area contributed by atoms with E-state index in [1.807, 2.05) is 35.2 Å². The minimum atomic E-state index is 0.0689. The second-order valence-corrected chi connectivity index (χ2v) is 5.21. The Bertz CT molecular complexity index is 408. The molecule has 1 amide bonds. The highest BCUT2D eigenvalue weighted by Crippen LogP contribution is 2.22. The molecule has 1 aromatic carbocycles. The average molecular weight is 262 g/mol. The first-order valence-electron chi connectivity index (χ1n) is 6.82. The van der Waals surface area contributed by atoms with Gasteiger partial charge in [0.05, 0.1) is 6.61 Å². The van der Waals surface area contributed by atoms with Crippen LogP contribution in [-0.4, -0.2) is 36.5 Å². The fourth-order valence-electron chi connectivity index (χ4n) is 2.57. The summed E-state index contributed by atoms with van der Waals surface area (Å²) in [4.78, 5) is 14.0. The standard InChI is InChI=1S/C15H22N2O2/c1-12-7-14(8-16)9-17(12)15(18)11-19-10-13-5-3-2-4-6-13/h2-6,12,14H,7-11,16H2,1H3. The van der Waals surface area contributed by atoms with E-state index in [0.717, 1.165) is 18.5 Å². The summed E-state index contributed by atoms with van der Waals surface area (Å²) >= 11 is 0. The zero-order valence-electron chi connectivity index (χ0n) is 11.4. The molecule has 4 nitrogen and oxygen atoms in total. The van der Waals surface area contributed by atoms with Crippen LogP contribution in [0, 0.1) is 5.92 Å². The lowest BCUT2D eigenvalue weighted by atomic mass is 10.1. The fraction of sp³-hybridized carbons (Fsp3) is 0.533. The zero-order valence-corrected chi connectivity index (χ0v) is 11.4. The predicted octanol–water partition coefficient (Wildman–Crippen LogP) is 1.40. The van der Waals surface area contributed by atoms with Gasteiger partial charge < -0.3 is 15.4 Å². The van der Waals surface area contributed by atoms with Crippen LogP contribution in [0.3, 0.4) is 0 Å². The normalized spacial score (nSPS) is 22.7. The van der Waals surface area contributed by atoms with E-state index >= 15 is 0 Å². The molecule has 1 aromatic rings. The van der Waals surface area contributed by atoms with Crippen LogP contribution in [0.4, 0.5) is 0 Å². The Morgan fingerprint density at radius 3 is 2.79 bits per heavy atom. The highest BCUT2D eigenvalue weighted by Gasteiger charge is 2.31. The van der Waals surface area contributed by atoms with Gasteiger partial charge in [-0.1, -0.05) is 30.3 Å². The van der Waals surface area contributed by atoms with Crippen LogP contribution in [0.5, 0.6) is 0 Å².